The van der Waals surface area contributed by atoms with Crippen LogP contribution in [0.25, 0.3) is 6.08 Å². The van der Waals surface area contributed by atoms with Crippen molar-refractivity contribution in [1.29, 1.82) is 0 Å². The van der Waals surface area contributed by atoms with Crippen LogP contribution in [0.5, 0.6) is 11.5 Å². The van der Waals surface area contributed by atoms with E-state index in [2.05, 4.69) is 0 Å². The Morgan fingerprint density at radius 2 is 1.76 bits per heavy atom. The van der Waals surface area contributed by atoms with Crippen LogP contribution in [0.1, 0.15) is 43.1 Å². The van der Waals surface area contributed by atoms with Gasteiger partial charge in [0.1, 0.15) is 5.82 Å². The third kappa shape index (κ3) is 6.34. The van der Waals surface area contributed by atoms with E-state index in [1.807, 2.05) is 36.9 Å². The molecular weight excluding hydrogens is 423 g/mol. The lowest BCUT2D eigenvalue weighted by molar-refractivity contribution is -0.126. The zero-order valence-electron chi connectivity index (χ0n) is 19.5. The molecule has 0 aliphatic carbocycles. The van der Waals surface area contributed by atoms with Gasteiger partial charge in [-0.15, -0.1) is 0 Å². The summed E-state index contributed by atoms with van der Waals surface area (Å²) >= 11 is 0. The van der Waals surface area contributed by atoms with Gasteiger partial charge >= 0.3 is 0 Å². The highest BCUT2D eigenvalue weighted by Gasteiger charge is 2.22. The Bertz CT molecular complexity index is 1010. The number of halogens is 1. The summed E-state index contributed by atoms with van der Waals surface area (Å²) in [5.41, 5.74) is 1.66. The molecule has 0 bridgehead atoms. The molecule has 0 aromatic heterocycles. The van der Waals surface area contributed by atoms with Crippen LogP contribution in [0, 0.1) is 5.82 Å². The third-order valence-electron chi connectivity index (χ3n) is 5.43. The summed E-state index contributed by atoms with van der Waals surface area (Å²) in [7, 11) is 0. The first kappa shape index (κ1) is 24.3. The molecule has 0 saturated carbocycles. The fourth-order valence-electron chi connectivity index (χ4n) is 3.65. The summed E-state index contributed by atoms with van der Waals surface area (Å²) in [5, 5.41) is 0. The van der Waals surface area contributed by atoms with E-state index in [0.717, 1.165) is 12.0 Å². The number of amides is 1. The van der Waals surface area contributed by atoms with E-state index < -0.39 is 5.82 Å². The van der Waals surface area contributed by atoms with Crippen LogP contribution >= 0.6 is 0 Å². The minimum absolute atomic E-state index is 0.0914. The molecule has 1 heterocycles. The van der Waals surface area contributed by atoms with Gasteiger partial charge in [0.15, 0.2) is 17.3 Å². The van der Waals surface area contributed by atoms with Gasteiger partial charge in [0.25, 0.3) is 0 Å². The molecule has 1 saturated heterocycles. The van der Waals surface area contributed by atoms with Gasteiger partial charge in [-0.2, -0.15) is 0 Å². The highest BCUT2D eigenvalue weighted by Crippen LogP contribution is 2.29. The van der Waals surface area contributed by atoms with Gasteiger partial charge in [-0.05, 0) is 62.2 Å². The number of anilines is 1. The molecule has 2 aromatic rings. The molecule has 1 amide bonds. The van der Waals surface area contributed by atoms with Crippen molar-refractivity contribution in [3.63, 3.8) is 0 Å². The predicted molar refractivity (Wildman–Crippen MR) is 128 cm³/mol. The number of hydrogen-bond donors (Lipinski definition) is 0. The van der Waals surface area contributed by atoms with Gasteiger partial charge in [0.05, 0.1) is 18.9 Å². The minimum Gasteiger partial charge on any atom is -0.490 e. The van der Waals surface area contributed by atoms with Gasteiger partial charge in [-0.1, -0.05) is 13.0 Å². The van der Waals surface area contributed by atoms with Crippen LogP contribution in [0.2, 0.25) is 0 Å². The van der Waals surface area contributed by atoms with Crippen LogP contribution in [0.4, 0.5) is 10.1 Å². The number of piperazine rings is 1. The van der Waals surface area contributed by atoms with Crippen molar-refractivity contribution in [2.45, 2.75) is 27.2 Å². The lowest BCUT2D eigenvalue weighted by Crippen LogP contribution is -2.48. The van der Waals surface area contributed by atoms with Gasteiger partial charge in [0.2, 0.25) is 5.91 Å². The van der Waals surface area contributed by atoms with Crippen molar-refractivity contribution in [2.75, 3.05) is 44.3 Å². The van der Waals surface area contributed by atoms with Crippen molar-refractivity contribution in [1.82, 2.24) is 4.90 Å². The molecule has 0 spiro atoms. The molecule has 33 heavy (non-hydrogen) atoms. The fraction of sp³-hybridized carbons (Fsp3) is 0.385. The van der Waals surface area contributed by atoms with Crippen LogP contribution in [-0.4, -0.2) is 56.0 Å². The van der Waals surface area contributed by atoms with Gasteiger partial charge in [-0.3, -0.25) is 9.59 Å². The van der Waals surface area contributed by atoms with Crippen LogP contribution in [0.3, 0.4) is 0 Å². The summed E-state index contributed by atoms with van der Waals surface area (Å²) < 4.78 is 25.8. The second kappa shape index (κ2) is 11.5. The van der Waals surface area contributed by atoms with Crippen LogP contribution < -0.4 is 14.4 Å². The van der Waals surface area contributed by atoms with Gasteiger partial charge in [-0.25, -0.2) is 4.39 Å². The quantitative estimate of drug-likeness (QED) is 0.410. The predicted octanol–water partition coefficient (Wildman–Crippen LogP) is 4.58. The Labute approximate surface area is 194 Å². The number of Topliss-reactive ketones (excluding diaryl/α,β-unsaturated/α-hetero) is 1. The summed E-state index contributed by atoms with van der Waals surface area (Å²) in [6.07, 6.45) is 4.22. The molecule has 3 rings (SSSR count). The smallest absolute Gasteiger partial charge is 0.246 e. The van der Waals surface area contributed by atoms with E-state index >= 15 is 0 Å². The maximum Gasteiger partial charge on any atom is 0.246 e. The largest absolute Gasteiger partial charge is 0.490 e. The molecule has 2 aromatic carbocycles. The Morgan fingerprint density at radius 1 is 1.00 bits per heavy atom. The van der Waals surface area contributed by atoms with Crippen molar-refractivity contribution in [3.8, 4) is 11.5 Å². The normalized spacial score (nSPS) is 13.9. The fourth-order valence-corrected chi connectivity index (χ4v) is 3.65. The molecule has 176 valence electrons. The first-order chi connectivity index (χ1) is 15.9. The number of carbonyl (C=O) groups is 2. The Balaban J connectivity index is 1.60. The van der Waals surface area contributed by atoms with E-state index in [1.54, 1.807) is 29.2 Å². The summed E-state index contributed by atoms with van der Waals surface area (Å²) in [4.78, 5) is 27.8. The van der Waals surface area contributed by atoms with Gasteiger partial charge < -0.3 is 19.3 Å². The lowest BCUT2D eigenvalue weighted by atomic mass is 10.1. The van der Waals surface area contributed by atoms with E-state index in [9.17, 15) is 14.0 Å². The molecular formula is C26H31FN2O4. The van der Waals surface area contributed by atoms with Crippen LogP contribution in [0.15, 0.2) is 42.5 Å². The van der Waals surface area contributed by atoms with Crippen LogP contribution in [-0.2, 0) is 4.79 Å². The van der Waals surface area contributed by atoms with E-state index in [1.165, 1.54) is 13.0 Å². The summed E-state index contributed by atoms with van der Waals surface area (Å²) in [6, 6.07) is 10.2. The second-order valence-corrected chi connectivity index (χ2v) is 7.86. The number of nitrogens with zero attached hydrogens (tertiary/aromatic N) is 2. The highest BCUT2D eigenvalue weighted by atomic mass is 19.1. The minimum atomic E-state index is -0.418. The lowest BCUT2D eigenvalue weighted by Gasteiger charge is -2.35. The Morgan fingerprint density at radius 3 is 2.39 bits per heavy atom. The molecule has 0 unspecified atom stereocenters. The molecule has 1 aliphatic heterocycles. The maximum atomic E-state index is 14.4. The average molecular weight is 455 g/mol. The third-order valence-corrected chi connectivity index (χ3v) is 5.43. The molecule has 6 nitrogen and oxygen atoms in total. The molecule has 0 radical (unpaired) electrons. The van der Waals surface area contributed by atoms with Crippen molar-refractivity contribution < 1.29 is 23.5 Å². The van der Waals surface area contributed by atoms with Crippen molar-refractivity contribution in [2.24, 2.45) is 0 Å². The molecule has 1 fully saturated rings. The monoisotopic (exact) mass is 454 g/mol. The standard InChI is InChI=1S/C26H31FN2O4/c1-4-16-33-24-10-6-20(17-25(24)32-5-2)7-11-26(31)29-14-12-28(13-15-29)23-9-8-21(19(3)30)18-22(23)27/h6-11,17-18H,4-5,12-16H2,1-3H3/b11-7+. The second-order valence-electron chi connectivity index (χ2n) is 7.86. The maximum absolute atomic E-state index is 14.4. The highest BCUT2D eigenvalue weighted by molar-refractivity contribution is 5.94. The summed E-state index contributed by atoms with van der Waals surface area (Å²) in [5.74, 6) is 0.679. The zero-order chi connectivity index (χ0) is 23.8. The van der Waals surface area contributed by atoms with E-state index in [-0.39, 0.29) is 11.7 Å². The van der Waals surface area contributed by atoms with E-state index in [0.29, 0.717) is 62.1 Å². The zero-order valence-corrected chi connectivity index (χ0v) is 19.5. The summed E-state index contributed by atoms with van der Waals surface area (Å²) in [6.45, 7) is 8.54. The Kier molecular flexibility index (Phi) is 8.46. The number of rotatable bonds is 9. The molecule has 0 atom stereocenters. The number of carbonyl (C=O) groups excluding carboxylic acids is 2. The molecule has 7 heteroatoms. The molecule has 0 N–H and O–H groups in total. The SMILES string of the molecule is CCCOc1ccc(/C=C/C(=O)N2CCN(c3ccc(C(C)=O)cc3F)CC2)cc1OCC. The first-order valence-electron chi connectivity index (χ1n) is 11.3. The van der Waals surface area contributed by atoms with E-state index in [4.69, 9.17) is 9.47 Å². The Hall–Kier alpha value is -3.35. The van der Waals surface area contributed by atoms with Crippen molar-refractivity contribution >= 4 is 23.5 Å². The number of ether oxygens (including phenoxy) is 2. The number of hydrogen-bond acceptors (Lipinski definition) is 5. The van der Waals surface area contributed by atoms with Gasteiger partial charge in [0, 0.05) is 37.8 Å². The number of benzene rings is 2. The topological polar surface area (TPSA) is 59.1 Å². The number of ketones is 1. The first-order valence-corrected chi connectivity index (χ1v) is 11.3. The molecule has 1 aliphatic rings. The average Bonchev–Trinajstić information content (AvgIpc) is 2.82. The van der Waals surface area contributed by atoms with Crippen molar-refractivity contribution in [3.05, 3.63) is 59.4 Å².